The van der Waals surface area contributed by atoms with E-state index in [1.54, 1.807) is 18.3 Å². The monoisotopic (exact) mass is 459 g/mol. The molecule has 1 fully saturated rings. The number of carbonyl (C=O) groups is 1. The van der Waals surface area contributed by atoms with Crippen LogP contribution < -0.4 is 14.9 Å². The number of nitrogens with zero attached hydrogens (tertiary/aromatic N) is 1. The smallest absolute Gasteiger partial charge is 0.370 e. The largest absolute Gasteiger partial charge is 0.471 e. The second-order valence-electron chi connectivity index (χ2n) is 6.68. The first kappa shape index (κ1) is 22.3. The summed E-state index contributed by atoms with van der Waals surface area (Å²) in [5.41, 5.74) is 2.04. The summed E-state index contributed by atoms with van der Waals surface area (Å²) in [7, 11) is -3.95. The fourth-order valence-electron chi connectivity index (χ4n) is 2.90. The number of benzene rings is 2. The molecule has 3 rings (SSSR count). The van der Waals surface area contributed by atoms with Crippen molar-refractivity contribution < 1.29 is 26.4 Å². The molecule has 1 heterocycles. The standard InChI is InChI=1S/C19H20F3N3O3S2/c1-13-12-15(25-8-10-29-11-9-25)4-7-17(13)24-30(27,28)16-5-2-14(3-6-16)23-18(26)19(20,21)22/h2-7,12,24H,8-11H2,1H3,(H,23,26). The van der Waals surface area contributed by atoms with Crippen molar-refractivity contribution in [3.8, 4) is 0 Å². The Hall–Kier alpha value is -2.40. The molecule has 2 aromatic carbocycles. The van der Waals surface area contributed by atoms with Gasteiger partial charge in [-0.1, -0.05) is 0 Å². The Morgan fingerprint density at radius 1 is 1.07 bits per heavy atom. The number of rotatable bonds is 5. The molecule has 1 aliphatic rings. The van der Waals surface area contributed by atoms with Gasteiger partial charge < -0.3 is 10.2 Å². The number of alkyl halides is 3. The van der Waals surface area contributed by atoms with Crippen molar-refractivity contribution in [2.24, 2.45) is 0 Å². The maximum absolute atomic E-state index is 12.6. The molecular formula is C19H20F3N3O3S2. The number of thioether (sulfide) groups is 1. The average Bonchev–Trinajstić information content (AvgIpc) is 2.70. The van der Waals surface area contributed by atoms with Gasteiger partial charge in [0.2, 0.25) is 0 Å². The third-order valence-corrected chi connectivity index (χ3v) is 6.83. The van der Waals surface area contributed by atoms with Crippen LogP contribution in [0.1, 0.15) is 5.56 Å². The molecular weight excluding hydrogens is 439 g/mol. The second kappa shape index (κ2) is 8.76. The molecule has 0 radical (unpaired) electrons. The molecule has 2 aromatic rings. The molecule has 0 aromatic heterocycles. The topological polar surface area (TPSA) is 78.5 Å². The minimum atomic E-state index is -5.02. The summed E-state index contributed by atoms with van der Waals surface area (Å²) in [4.78, 5) is 13.1. The van der Waals surface area contributed by atoms with E-state index in [2.05, 4.69) is 9.62 Å². The lowest BCUT2D eigenvalue weighted by Gasteiger charge is -2.29. The van der Waals surface area contributed by atoms with Crippen LogP contribution in [0.25, 0.3) is 0 Å². The summed E-state index contributed by atoms with van der Waals surface area (Å²) in [6.45, 7) is 3.68. The van der Waals surface area contributed by atoms with Crippen LogP contribution in [-0.4, -0.2) is 45.1 Å². The molecule has 2 N–H and O–H groups in total. The van der Waals surface area contributed by atoms with Gasteiger partial charge in [-0.3, -0.25) is 9.52 Å². The Morgan fingerprint density at radius 2 is 1.70 bits per heavy atom. The van der Waals surface area contributed by atoms with Gasteiger partial charge in [-0.2, -0.15) is 24.9 Å². The molecule has 0 saturated carbocycles. The van der Waals surface area contributed by atoms with Gasteiger partial charge in [-0.15, -0.1) is 0 Å². The first-order valence-corrected chi connectivity index (χ1v) is 11.6. The van der Waals surface area contributed by atoms with Crippen molar-refractivity contribution >= 4 is 44.8 Å². The van der Waals surface area contributed by atoms with Crippen LogP contribution in [0, 0.1) is 6.92 Å². The van der Waals surface area contributed by atoms with Crippen LogP contribution in [0.4, 0.5) is 30.2 Å². The molecule has 1 aliphatic heterocycles. The van der Waals surface area contributed by atoms with Crippen LogP contribution >= 0.6 is 11.8 Å². The van der Waals surface area contributed by atoms with Gasteiger partial charge in [0.05, 0.1) is 10.6 Å². The van der Waals surface area contributed by atoms with E-state index < -0.39 is 22.1 Å². The molecule has 0 atom stereocenters. The number of halogens is 3. The quantitative estimate of drug-likeness (QED) is 0.710. The summed E-state index contributed by atoms with van der Waals surface area (Å²) >= 11 is 1.90. The minimum Gasteiger partial charge on any atom is -0.370 e. The molecule has 0 bridgehead atoms. The van der Waals surface area contributed by atoms with Crippen molar-refractivity contribution in [2.75, 3.05) is 39.5 Å². The molecule has 0 spiro atoms. The van der Waals surface area contributed by atoms with Crippen molar-refractivity contribution in [3.63, 3.8) is 0 Å². The highest BCUT2D eigenvalue weighted by molar-refractivity contribution is 7.99. The Morgan fingerprint density at radius 3 is 2.27 bits per heavy atom. The fourth-order valence-corrected chi connectivity index (χ4v) is 4.94. The minimum absolute atomic E-state index is 0.135. The van der Waals surface area contributed by atoms with Crippen molar-refractivity contribution in [3.05, 3.63) is 48.0 Å². The van der Waals surface area contributed by atoms with Crippen LogP contribution in [-0.2, 0) is 14.8 Å². The van der Waals surface area contributed by atoms with Gasteiger partial charge in [-0.25, -0.2) is 8.42 Å². The number of carbonyl (C=O) groups excluding carboxylic acids is 1. The predicted molar refractivity (Wildman–Crippen MR) is 113 cm³/mol. The molecule has 1 amide bonds. The average molecular weight is 460 g/mol. The Bertz CT molecular complexity index is 1020. The summed E-state index contributed by atoms with van der Waals surface area (Å²) < 4.78 is 64.7. The maximum Gasteiger partial charge on any atom is 0.471 e. The Balaban J connectivity index is 1.72. The maximum atomic E-state index is 12.6. The number of aryl methyl sites for hydroxylation is 1. The van der Waals surface area contributed by atoms with Gasteiger partial charge in [0.25, 0.3) is 10.0 Å². The van der Waals surface area contributed by atoms with Gasteiger partial charge in [-0.05, 0) is 55.0 Å². The highest BCUT2D eigenvalue weighted by Gasteiger charge is 2.38. The molecule has 0 unspecified atom stereocenters. The van der Waals surface area contributed by atoms with E-state index in [1.807, 2.05) is 23.9 Å². The number of amides is 1. The van der Waals surface area contributed by atoms with Crippen LogP contribution in [0.3, 0.4) is 0 Å². The number of hydrogen-bond acceptors (Lipinski definition) is 5. The van der Waals surface area contributed by atoms with Crippen molar-refractivity contribution in [1.82, 2.24) is 0 Å². The highest BCUT2D eigenvalue weighted by Crippen LogP contribution is 2.27. The zero-order valence-corrected chi connectivity index (χ0v) is 17.6. The van der Waals surface area contributed by atoms with E-state index in [4.69, 9.17) is 0 Å². The number of nitrogens with one attached hydrogen (secondary N) is 2. The predicted octanol–water partition coefficient (Wildman–Crippen LogP) is 3.85. The Labute approximate surface area is 176 Å². The third kappa shape index (κ3) is 5.39. The molecule has 11 heteroatoms. The normalized spacial score (nSPS) is 15.0. The Kier molecular flexibility index (Phi) is 6.51. The number of hydrogen-bond donors (Lipinski definition) is 2. The molecule has 6 nitrogen and oxygen atoms in total. The summed E-state index contributed by atoms with van der Waals surface area (Å²) in [5, 5.41) is 1.67. The van der Waals surface area contributed by atoms with Crippen molar-refractivity contribution in [2.45, 2.75) is 18.0 Å². The lowest BCUT2D eigenvalue weighted by atomic mass is 10.1. The van der Waals surface area contributed by atoms with Gasteiger partial charge in [0.15, 0.2) is 0 Å². The summed E-state index contributed by atoms with van der Waals surface area (Å²) in [5.74, 6) is -0.0288. The highest BCUT2D eigenvalue weighted by atomic mass is 32.2. The van der Waals surface area contributed by atoms with Gasteiger partial charge in [0.1, 0.15) is 0 Å². The van der Waals surface area contributed by atoms with E-state index in [9.17, 15) is 26.4 Å². The lowest BCUT2D eigenvalue weighted by Crippen LogP contribution is -2.32. The zero-order valence-electron chi connectivity index (χ0n) is 16.0. The van der Waals surface area contributed by atoms with Gasteiger partial charge in [0, 0.05) is 36.0 Å². The molecule has 0 aliphatic carbocycles. The third-order valence-electron chi connectivity index (χ3n) is 4.51. The summed E-state index contributed by atoms with van der Waals surface area (Å²) in [6.07, 6.45) is -5.02. The van der Waals surface area contributed by atoms with Crippen LogP contribution in [0.15, 0.2) is 47.4 Å². The zero-order chi connectivity index (χ0) is 21.9. The van der Waals surface area contributed by atoms with Gasteiger partial charge >= 0.3 is 12.1 Å². The van der Waals surface area contributed by atoms with E-state index in [-0.39, 0.29) is 10.6 Å². The van der Waals surface area contributed by atoms with E-state index in [1.165, 1.54) is 0 Å². The first-order valence-electron chi connectivity index (χ1n) is 9.01. The number of sulfonamides is 1. The van der Waals surface area contributed by atoms with Crippen LogP contribution in [0.5, 0.6) is 0 Å². The lowest BCUT2D eigenvalue weighted by molar-refractivity contribution is -0.167. The van der Waals surface area contributed by atoms with E-state index in [0.29, 0.717) is 5.69 Å². The van der Waals surface area contributed by atoms with Crippen LogP contribution in [0.2, 0.25) is 0 Å². The molecule has 30 heavy (non-hydrogen) atoms. The SMILES string of the molecule is Cc1cc(N2CCSCC2)ccc1NS(=O)(=O)c1ccc(NC(=O)C(F)(F)F)cc1. The van der Waals surface area contributed by atoms with Crippen molar-refractivity contribution in [1.29, 1.82) is 0 Å². The van der Waals surface area contributed by atoms with E-state index in [0.717, 1.165) is 60.1 Å². The fraction of sp³-hybridized carbons (Fsp3) is 0.316. The second-order valence-corrected chi connectivity index (χ2v) is 9.59. The number of anilines is 3. The molecule has 1 saturated heterocycles. The van der Waals surface area contributed by atoms with E-state index >= 15 is 0 Å². The first-order chi connectivity index (χ1) is 14.1. The molecule has 162 valence electrons. The summed E-state index contributed by atoms with van der Waals surface area (Å²) in [6, 6.07) is 9.93.